The molecular formula is C14H26N2O3. The Bertz CT molecular complexity index is 290. The summed E-state index contributed by atoms with van der Waals surface area (Å²) < 4.78 is 11.2. The third kappa shape index (κ3) is 4.44. The summed E-state index contributed by atoms with van der Waals surface area (Å²) in [6.45, 7) is 8.69. The molecule has 0 aromatic heterocycles. The van der Waals surface area contributed by atoms with Gasteiger partial charge in [0.05, 0.1) is 19.3 Å². The number of carbonyl (C=O) groups excluding carboxylic acids is 1. The second kappa shape index (κ2) is 7.22. The molecule has 2 aliphatic heterocycles. The molecule has 0 saturated carbocycles. The Balaban J connectivity index is 1.70. The predicted octanol–water partition coefficient (Wildman–Crippen LogP) is 0.638. The summed E-state index contributed by atoms with van der Waals surface area (Å²) in [5.74, 6) is 0.831. The molecule has 2 aliphatic rings. The van der Waals surface area contributed by atoms with Crippen LogP contribution in [0.4, 0.5) is 0 Å². The van der Waals surface area contributed by atoms with Gasteiger partial charge >= 0.3 is 0 Å². The second-order valence-electron chi connectivity index (χ2n) is 5.83. The maximum absolute atomic E-state index is 12.3. The Kier molecular flexibility index (Phi) is 5.60. The van der Waals surface area contributed by atoms with Crippen molar-refractivity contribution < 1.29 is 14.3 Å². The van der Waals surface area contributed by atoms with Crippen LogP contribution in [0.2, 0.25) is 0 Å². The van der Waals surface area contributed by atoms with Gasteiger partial charge in [-0.1, -0.05) is 13.8 Å². The molecule has 2 atom stereocenters. The minimum atomic E-state index is -0.164. The largest absolute Gasteiger partial charge is 0.378 e. The molecule has 2 rings (SSSR count). The maximum atomic E-state index is 12.3. The SMILES string of the molecule is CC(C)CCOC1CCN(C(=O)C2COCCN2)C1. The lowest BCUT2D eigenvalue weighted by Gasteiger charge is -2.27. The Hall–Kier alpha value is -0.650. The summed E-state index contributed by atoms with van der Waals surface area (Å²) in [6.07, 6.45) is 2.26. The molecule has 19 heavy (non-hydrogen) atoms. The predicted molar refractivity (Wildman–Crippen MR) is 73.0 cm³/mol. The molecule has 1 amide bonds. The number of nitrogens with zero attached hydrogens (tertiary/aromatic N) is 1. The first-order valence-electron chi connectivity index (χ1n) is 7.38. The van der Waals surface area contributed by atoms with Gasteiger partial charge in [-0.2, -0.15) is 0 Å². The number of amides is 1. The molecule has 0 spiro atoms. The fourth-order valence-electron chi connectivity index (χ4n) is 2.48. The first-order valence-corrected chi connectivity index (χ1v) is 7.38. The van der Waals surface area contributed by atoms with Crippen molar-refractivity contribution in [3.63, 3.8) is 0 Å². The third-order valence-electron chi connectivity index (χ3n) is 3.73. The van der Waals surface area contributed by atoms with E-state index in [1.54, 1.807) is 0 Å². The van der Waals surface area contributed by atoms with Crippen molar-refractivity contribution in [3.8, 4) is 0 Å². The molecule has 110 valence electrons. The standard InChI is InChI=1S/C14H26N2O3/c1-11(2)4-7-19-12-3-6-16(9-12)14(17)13-10-18-8-5-15-13/h11-13,15H,3-10H2,1-2H3. The first-order chi connectivity index (χ1) is 9.16. The van der Waals surface area contributed by atoms with Gasteiger partial charge in [0, 0.05) is 26.2 Å². The van der Waals surface area contributed by atoms with Gasteiger partial charge in [0.1, 0.15) is 6.04 Å². The van der Waals surface area contributed by atoms with Gasteiger partial charge in [-0.05, 0) is 18.8 Å². The molecule has 2 fully saturated rings. The first kappa shape index (κ1) is 14.8. The Morgan fingerprint density at radius 2 is 2.37 bits per heavy atom. The average Bonchev–Trinajstić information content (AvgIpc) is 2.87. The van der Waals surface area contributed by atoms with Gasteiger partial charge in [0.25, 0.3) is 0 Å². The van der Waals surface area contributed by atoms with Crippen LogP contribution in [0.25, 0.3) is 0 Å². The highest BCUT2D eigenvalue weighted by molar-refractivity contribution is 5.82. The molecule has 5 nitrogen and oxygen atoms in total. The Morgan fingerprint density at radius 1 is 1.53 bits per heavy atom. The second-order valence-corrected chi connectivity index (χ2v) is 5.83. The molecule has 1 N–H and O–H groups in total. The van der Waals surface area contributed by atoms with Crippen LogP contribution in [0, 0.1) is 5.92 Å². The van der Waals surface area contributed by atoms with E-state index >= 15 is 0 Å². The fourth-order valence-corrected chi connectivity index (χ4v) is 2.48. The van der Waals surface area contributed by atoms with Gasteiger partial charge in [0.2, 0.25) is 5.91 Å². The number of carbonyl (C=O) groups is 1. The summed E-state index contributed by atoms with van der Waals surface area (Å²) in [4.78, 5) is 14.2. The lowest BCUT2D eigenvalue weighted by molar-refractivity contribution is -0.135. The summed E-state index contributed by atoms with van der Waals surface area (Å²) in [5, 5.41) is 3.21. The van der Waals surface area contributed by atoms with E-state index in [1.807, 2.05) is 4.90 Å². The number of hydrogen-bond donors (Lipinski definition) is 1. The van der Waals surface area contributed by atoms with Crippen molar-refractivity contribution in [2.45, 2.75) is 38.8 Å². The molecule has 5 heteroatoms. The summed E-state index contributed by atoms with van der Waals surface area (Å²) in [5.41, 5.74) is 0. The van der Waals surface area contributed by atoms with Crippen LogP contribution in [0.5, 0.6) is 0 Å². The number of likely N-dealkylation sites (tertiary alicyclic amines) is 1. The zero-order valence-corrected chi connectivity index (χ0v) is 12.1. The molecule has 0 aliphatic carbocycles. The van der Waals surface area contributed by atoms with Crippen LogP contribution in [0.15, 0.2) is 0 Å². The molecule has 2 saturated heterocycles. The number of nitrogens with one attached hydrogen (secondary N) is 1. The molecule has 0 bridgehead atoms. The van der Waals surface area contributed by atoms with Crippen LogP contribution in [0.3, 0.4) is 0 Å². The van der Waals surface area contributed by atoms with Crippen LogP contribution < -0.4 is 5.32 Å². The number of morpholine rings is 1. The van der Waals surface area contributed by atoms with Crippen LogP contribution in [-0.4, -0.2) is 62.4 Å². The zero-order valence-electron chi connectivity index (χ0n) is 12.1. The number of ether oxygens (including phenoxy) is 2. The molecule has 0 aromatic rings. The van der Waals surface area contributed by atoms with Crippen LogP contribution >= 0.6 is 0 Å². The highest BCUT2D eigenvalue weighted by atomic mass is 16.5. The number of hydrogen-bond acceptors (Lipinski definition) is 4. The lowest BCUT2D eigenvalue weighted by atomic mass is 10.1. The minimum Gasteiger partial charge on any atom is -0.378 e. The van der Waals surface area contributed by atoms with Gasteiger partial charge < -0.3 is 19.7 Å². The summed E-state index contributed by atoms with van der Waals surface area (Å²) in [6, 6.07) is -0.164. The topological polar surface area (TPSA) is 50.8 Å². The number of rotatable bonds is 5. The van der Waals surface area contributed by atoms with Crippen molar-refractivity contribution in [1.82, 2.24) is 10.2 Å². The monoisotopic (exact) mass is 270 g/mol. The summed E-state index contributed by atoms with van der Waals surface area (Å²) >= 11 is 0. The average molecular weight is 270 g/mol. The highest BCUT2D eigenvalue weighted by Crippen LogP contribution is 2.15. The van der Waals surface area contributed by atoms with Gasteiger partial charge in [-0.15, -0.1) is 0 Å². The van der Waals surface area contributed by atoms with Gasteiger partial charge in [-0.3, -0.25) is 4.79 Å². The van der Waals surface area contributed by atoms with Crippen molar-refractivity contribution >= 4 is 5.91 Å². The molecule has 2 heterocycles. The van der Waals surface area contributed by atoms with Crippen LogP contribution in [0.1, 0.15) is 26.7 Å². The third-order valence-corrected chi connectivity index (χ3v) is 3.73. The zero-order chi connectivity index (χ0) is 13.7. The fraction of sp³-hybridized carbons (Fsp3) is 0.929. The van der Waals surface area contributed by atoms with E-state index in [9.17, 15) is 4.79 Å². The Morgan fingerprint density at radius 3 is 3.05 bits per heavy atom. The van der Waals surface area contributed by atoms with E-state index in [-0.39, 0.29) is 18.1 Å². The molecular weight excluding hydrogens is 244 g/mol. The highest BCUT2D eigenvalue weighted by Gasteiger charge is 2.32. The van der Waals surface area contributed by atoms with E-state index in [0.29, 0.717) is 19.1 Å². The smallest absolute Gasteiger partial charge is 0.242 e. The van der Waals surface area contributed by atoms with Crippen LogP contribution in [-0.2, 0) is 14.3 Å². The Labute approximate surface area is 115 Å². The molecule has 2 unspecified atom stereocenters. The van der Waals surface area contributed by atoms with E-state index in [0.717, 1.165) is 39.1 Å². The normalized spacial score (nSPS) is 28.1. The van der Waals surface area contributed by atoms with Crippen molar-refractivity contribution in [2.24, 2.45) is 5.92 Å². The van der Waals surface area contributed by atoms with E-state index in [1.165, 1.54) is 0 Å². The van der Waals surface area contributed by atoms with Crippen molar-refractivity contribution in [1.29, 1.82) is 0 Å². The molecule has 0 aromatic carbocycles. The quantitative estimate of drug-likeness (QED) is 0.796. The van der Waals surface area contributed by atoms with E-state index in [2.05, 4.69) is 19.2 Å². The molecule has 0 radical (unpaired) electrons. The van der Waals surface area contributed by atoms with Gasteiger partial charge in [0.15, 0.2) is 0 Å². The maximum Gasteiger partial charge on any atom is 0.242 e. The van der Waals surface area contributed by atoms with E-state index in [4.69, 9.17) is 9.47 Å². The van der Waals surface area contributed by atoms with Crippen molar-refractivity contribution in [3.05, 3.63) is 0 Å². The lowest BCUT2D eigenvalue weighted by Crippen LogP contribution is -2.52. The van der Waals surface area contributed by atoms with Gasteiger partial charge in [-0.25, -0.2) is 0 Å². The van der Waals surface area contributed by atoms with E-state index < -0.39 is 0 Å². The van der Waals surface area contributed by atoms with Crippen molar-refractivity contribution in [2.75, 3.05) is 39.5 Å². The minimum absolute atomic E-state index is 0.162. The summed E-state index contributed by atoms with van der Waals surface area (Å²) in [7, 11) is 0.